The van der Waals surface area contributed by atoms with Gasteiger partial charge in [0.1, 0.15) is 17.7 Å². The first-order valence-electron chi connectivity index (χ1n) is 14.2. The van der Waals surface area contributed by atoms with Crippen LogP contribution in [0.25, 0.3) is 6.08 Å². The maximum atomic E-state index is 14.0. The molecule has 4 heterocycles. The third-order valence-electron chi connectivity index (χ3n) is 9.32. The van der Waals surface area contributed by atoms with E-state index in [0.29, 0.717) is 43.9 Å². The van der Waals surface area contributed by atoms with Crippen molar-refractivity contribution in [2.75, 3.05) is 6.61 Å². The number of oxazole rings is 1. The van der Waals surface area contributed by atoms with Crippen molar-refractivity contribution in [3.8, 4) is 0 Å². The summed E-state index contributed by atoms with van der Waals surface area (Å²) in [4.78, 5) is 31.4. The predicted octanol–water partition coefficient (Wildman–Crippen LogP) is 3.11. The standard InChI is InChI=1S/C29H42N2O7/c1-17-6-4-9-28(3)24(38-28)12-19(7-8-20-15-36-18(2)30-20)31-25(33)14-23(32)29(10-5-11-29)27(35)22(26(17)34)13-21-16-37-21/h7-8,15,17,19,21-24,26,32,34H,4-6,9-14,16H2,1-3H3,(H,31,33)/t17-,19+,21?,22+,23-,24?,26+,28?/m0/s1. The molecule has 3 aliphatic heterocycles. The van der Waals surface area contributed by atoms with E-state index in [1.54, 1.807) is 13.2 Å². The second kappa shape index (κ2) is 10.8. The van der Waals surface area contributed by atoms with Crippen molar-refractivity contribution in [3.05, 3.63) is 23.9 Å². The van der Waals surface area contributed by atoms with Crippen LogP contribution in [0.2, 0.25) is 0 Å². The highest BCUT2D eigenvalue weighted by Gasteiger charge is 2.55. The molecule has 1 saturated carbocycles. The molecule has 1 aromatic rings. The Morgan fingerprint density at radius 1 is 1.21 bits per heavy atom. The zero-order valence-electron chi connectivity index (χ0n) is 22.7. The number of aromatic nitrogens is 1. The highest BCUT2D eigenvalue weighted by atomic mass is 16.6. The molecule has 4 aliphatic rings. The van der Waals surface area contributed by atoms with Crippen LogP contribution in [-0.4, -0.2) is 69.6 Å². The van der Waals surface area contributed by atoms with Gasteiger partial charge in [-0.15, -0.1) is 0 Å². The van der Waals surface area contributed by atoms with E-state index >= 15 is 0 Å². The van der Waals surface area contributed by atoms with Crippen molar-refractivity contribution in [2.45, 2.75) is 115 Å². The number of aliphatic hydroxyl groups excluding tert-OH is 2. The molecule has 210 valence electrons. The number of amides is 1. The largest absolute Gasteiger partial charge is 0.449 e. The first-order valence-corrected chi connectivity index (χ1v) is 14.2. The molecule has 1 aromatic heterocycles. The van der Waals surface area contributed by atoms with E-state index in [0.717, 1.165) is 25.7 Å². The Hall–Kier alpha value is -2.07. The molecule has 9 nitrogen and oxygen atoms in total. The first-order chi connectivity index (χ1) is 18.1. The Morgan fingerprint density at radius 3 is 2.61 bits per heavy atom. The van der Waals surface area contributed by atoms with Crippen LogP contribution in [0.15, 0.2) is 16.8 Å². The van der Waals surface area contributed by atoms with Crippen LogP contribution in [0, 0.1) is 24.2 Å². The van der Waals surface area contributed by atoms with E-state index in [9.17, 15) is 19.8 Å². The number of ether oxygens (including phenoxy) is 2. The average molecular weight is 531 g/mol. The summed E-state index contributed by atoms with van der Waals surface area (Å²) in [5, 5.41) is 25.7. The van der Waals surface area contributed by atoms with E-state index in [-0.39, 0.29) is 47.9 Å². The zero-order chi connectivity index (χ0) is 27.1. The van der Waals surface area contributed by atoms with Crippen LogP contribution in [0.5, 0.6) is 0 Å². The van der Waals surface area contributed by atoms with Gasteiger partial charge in [-0.3, -0.25) is 9.59 Å². The molecule has 1 spiro atoms. The number of Topliss-reactive ketones (excluding diaryl/α,β-unsaturated/α-hetero) is 1. The lowest BCUT2D eigenvalue weighted by molar-refractivity contribution is -0.156. The monoisotopic (exact) mass is 530 g/mol. The minimum absolute atomic E-state index is 0.00568. The molecule has 8 atom stereocenters. The molecule has 9 heteroatoms. The fourth-order valence-corrected chi connectivity index (χ4v) is 6.43. The van der Waals surface area contributed by atoms with E-state index in [2.05, 4.69) is 17.2 Å². The fourth-order valence-electron chi connectivity index (χ4n) is 6.43. The van der Waals surface area contributed by atoms with Gasteiger partial charge in [-0.1, -0.05) is 25.8 Å². The predicted molar refractivity (Wildman–Crippen MR) is 139 cm³/mol. The van der Waals surface area contributed by atoms with Gasteiger partial charge in [0.2, 0.25) is 5.91 Å². The molecule has 0 bridgehead atoms. The Morgan fingerprint density at radius 2 is 1.97 bits per heavy atom. The van der Waals surface area contributed by atoms with Gasteiger partial charge >= 0.3 is 0 Å². The molecule has 3 saturated heterocycles. The molecule has 3 unspecified atom stereocenters. The van der Waals surface area contributed by atoms with Crippen LogP contribution in [0.4, 0.5) is 0 Å². The summed E-state index contributed by atoms with van der Waals surface area (Å²) in [6.07, 6.45) is 8.61. The smallest absolute Gasteiger partial charge is 0.223 e. The Kier molecular flexibility index (Phi) is 7.84. The molecule has 0 aromatic carbocycles. The summed E-state index contributed by atoms with van der Waals surface area (Å²) in [7, 11) is 0. The average Bonchev–Trinajstić information content (AvgIpc) is 3.72. The maximum absolute atomic E-state index is 14.0. The normalized spacial score (nSPS) is 40.0. The summed E-state index contributed by atoms with van der Waals surface area (Å²) in [5.41, 5.74) is -0.605. The van der Waals surface area contributed by atoms with Crippen LogP contribution >= 0.6 is 0 Å². The Balaban J connectivity index is 1.37. The lowest BCUT2D eigenvalue weighted by Gasteiger charge is -2.46. The summed E-state index contributed by atoms with van der Waals surface area (Å²) in [6.45, 7) is 6.46. The molecule has 38 heavy (non-hydrogen) atoms. The second-order valence-electron chi connectivity index (χ2n) is 12.2. The fraction of sp³-hybridized carbons (Fsp3) is 0.759. The summed E-state index contributed by atoms with van der Waals surface area (Å²) in [6, 6.07) is -0.319. The Labute approximate surface area is 224 Å². The van der Waals surface area contributed by atoms with E-state index in [4.69, 9.17) is 13.9 Å². The van der Waals surface area contributed by atoms with Crippen molar-refractivity contribution >= 4 is 17.8 Å². The minimum atomic E-state index is -1.10. The number of epoxide rings is 2. The number of rotatable bonds is 4. The third-order valence-corrected chi connectivity index (χ3v) is 9.32. The van der Waals surface area contributed by atoms with Crippen molar-refractivity contribution in [1.29, 1.82) is 0 Å². The van der Waals surface area contributed by atoms with E-state index in [1.165, 1.54) is 0 Å². The van der Waals surface area contributed by atoms with Crippen LogP contribution in [-0.2, 0) is 19.1 Å². The van der Waals surface area contributed by atoms with Gasteiger partial charge in [0.15, 0.2) is 5.89 Å². The number of aliphatic hydroxyl groups is 2. The van der Waals surface area contributed by atoms with Crippen molar-refractivity contribution in [1.82, 2.24) is 10.3 Å². The molecular weight excluding hydrogens is 488 g/mol. The van der Waals surface area contributed by atoms with Gasteiger partial charge in [0, 0.05) is 19.3 Å². The quantitative estimate of drug-likeness (QED) is 0.505. The number of aryl methyl sites for hydroxylation is 1. The molecule has 1 aliphatic carbocycles. The topological polar surface area (TPSA) is 138 Å². The first kappa shape index (κ1) is 27.5. The summed E-state index contributed by atoms with van der Waals surface area (Å²) < 4.78 is 16.8. The van der Waals surface area contributed by atoms with Gasteiger partial charge < -0.3 is 29.4 Å². The van der Waals surface area contributed by atoms with Crippen LogP contribution < -0.4 is 5.32 Å². The molecule has 3 N–H and O–H groups in total. The van der Waals surface area contributed by atoms with Gasteiger partial charge in [-0.25, -0.2) is 4.98 Å². The van der Waals surface area contributed by atoms with Gasteiger partial charge in [0.25, 0.3) is 0 Å². The lowest BCUT2D eigenvalue weighted by atomic mass is 9.58. The molecule has 0 radical (unpaired) electrons. The Bertz CT molecular complexity index is 1050. The van der Waals surface area contributed by atoms with Crippen molar-refractivity contribution in [3.63, 3.8) is 0 Å². The van der Waals surface area contributed by atoms with Gasteiger partial charge in [-0.2, -0.15) is 0 Å². The highest BCUT2D eigenvalue weighted by Crippen LogP contribution is 2.50. The number of carbonyl (C=O) groups is 2. The van der Waals surface area contributed by atoms with E-state index < -0.39 is 23.5 Å². The van der Waals surface area contributed by atoms with E-state index in [1.807, 2.05) is 19.1 Å². The van der Waals surface area contributed by atoms with Crippen LogP contribution in [0.1, 0.15) is 83.2 Å². The number of fused-ring (bicyclic) bond motifs is 1. The number of carbonyl (C=O) groups excluding carboxylic acids is 2. The molecule has 5 rings (SSSR count). The molecular formula is C29H42N2O7. The lowest BCUT2D eigenvalue weighted by Crippen LogP contribution is -2.54. The second-order valence-corrected chi connectivity index (χ2v) is 12.2. The number of ketones is 1. The molecule has 1 amide bonds. The van der Waals surface area contributed by atoms with Crippen molar-refractivity contribution < 1.29 is 33.7 Å². The van der Waals surface area contributed by atoms with Gasteiger partial charge in [-0.05, 0) is 51.0 Å². The number of hydrogen-bond donors (Lipinski definition) is 3. The summed E-state index contributed by atoms with van der Waals surface area (Å²) >= 11 is 0. The molecule has 4 fully saturated rings. The third kappa shape index (κ3) is 5.91. The number of nitrogens with one attached hydrogen (secondary N) is 1. The minimum Gasteiger partial charge on any atom is -0.449 e. The highest BCUT2D eigenvalue weighted by molar-refractivity contribution is 5.90. The SMILES string of the molecule is Cc1nc(C=C[C@@H]2CC3OC3(C)CCC[C@H](C)[C@@H](O)[C@@H](CC3CO3)C(=O)C3(CCC3)[C@@H](O)CC(=O)N2)co1. The van der Waals surface area contributed by atoms with Crippen LogP contribution in [0.3, 0.4) is 0 Å². The number of nitrogens with zero attached hydrogens (tertiary/aromatic N) is 1. The number of hydrogen-bond acceptors (Lipinski definition) is 8. The summed E-state index contributed by atoms with van der Waals surface area (Å²) in [5.74, 6) is -0.537. The van der Waals surface area contributed by atoms with Gasteiger partial charge in [0.05, 0.1) is 54.5 Å². The van der Waals surface area contributed by atoms with Crippen molar-refractivity contribution in [2.24, 2.45) is 17.3 Å². The zero-order valence-corrected chi connectivity index (χ0v) is 22.7. The maximum Gasteiger partial charge on any atom is 0.223 e.